The highest BCUT2D eigenvalue weighted by Crippen LogP contribution is 2.06. The zero-order valence-electron chi connectivity index (χ0n) is 12.6. The van der Waals surface area contributed by atoms with E-state index in [1.807, 2.05) is 20.8 Å². The smallest absolute Gasteiger partial charge is 0.326 e. The first-order chi connectivity index (χ1) is 9.36. The predicted octanol–water partition coefficient (Wildman–Crippen LogP) is 1.30. The number of carbonyl (C=O) groups is 3. The summed E-state index contributed by atoms with van der Waals surface area (Å²) in [5, 5.41) is 14.2. The number of carboxylic acids is 1. The number of carbonyl (C=O) groups excluding carboxylic acids is 2. The van der Waals surface area contributed by atoms with Crippen molar-refractivity contribution in [2.45, 2.75) is 58.9 Å². The van der Waals surface area contributed by atoms with Gasteiger partial charge in [0, 0.05) is 19.4 Å². The van der Waals surface area contributed by atoms with Gasteiger partial charge in [0.2, 0.25) is 11.8 Å². The molecule has 0 aliphatic rings. The molecule has 6 heteroatoms. The predicted molar refractivity (Wildman–Crippen MR) is 76.2 cm³/mol. The SMILES string of the molecule is CCCNC(=O)CCCC(=O)N[C@H](CC(C)C)C(=O)O. The molecule has 0 spiro atoms. The van der Waals surface area contributed by atoms with Crippen LogP contribution in [-0.2, 0) is 14.4 Å². The van der Waals surface area contributed by atoms with Crippen LogP contribution in [0.25, 0.3) is 0 Å². The molecule has 0 aromatic heterocycles. The van der Waals surface area contributed by atoms with Gasteiger partial charge in [0.1, 0.15) is 6.04 Å². The van der Waals surface area contributed by atoms with Crippen molar-refractivity contribution in [1.29, 1.82) is 0 Å². The van der Waals surface area contributed by atoms with Gasteiger partial charge in [-0.15, -0.1) is 0 Å². The molecule has 0 saturated carbocycles. The molecule has 0 fully saturated rings. The maximum atomic E-state index is 11.6. The first kappa shape index (κ1) is 18.4. The molecule has 0 heterocycles. The molecule has 0 aromatic rings. The van der Waals surface area contributed by atoms with Crippen molar-refractivity contribution in [3.63, 3.8) is 0 Å². The summed E-state index contributed by atoms with van der Waals surface area (Å²) in [7, 11) is 0. The Kier molecular flexibility index (Phi) is 9.41. The Morgan fingerprint density at radius 3 is 2.20 bits per heavy atom. The van der Waals surface area contributed by atoms with Crippen LogP contribution in [0.1, 0.15) is 52.9 Å². The lowest BCUT2D eigenvalue weighted by molar-refractivity contribution is -0.142. The average molecular weight is 286 g/mol. The highest BCUT2D eigenvalue weighted by Gasteiger charge is 2.20. The lowest BCUT2D eigenvalue weighted by Crippen LogP contribution is -2.41. The summed E-state index contributed by atoms with van der Waals surface area (Å²) in [5.74, 6) is -1.22. The molecule has 20 heavy (non-hydrogen) atoms. The fourth-order valence-electron chi connectivity index (χ4n) is 1.72. The highest BCUT2D eigenvalue weighted by atomic mass is 16.4. The van der Waals surface area contributed by atoms with Gasteiger partial charge in [-0.2, -0.15) is 0 Å². The van der Waals surface area contributed by atoms with Crippen LogP contribution < -0.4 is 10.6 Å². The van der Waals surface area contributed by atoms with Crippen LogP contribution in [0.4, 0.5) is 0 Å². The molecule has 0 bridgehead atoms. The molecule has 0 rings (SSSR count). The monoisotopic (exact) mass is 286 g/mol. The van der Waals surface area contributed by atoms with Crippen LogP contribution in [0.2, 0.25) is 0 Å². The molecule has 3 N–H and O–H groups in total. The molecule has 6 nitrogen and oxygen atoms in total. The van der Waals surface area contributed by atoms with Gasteiger partial charge < -0.3 is 15.7 Å². The molecule has 0 aliphatic heterocycles. The number of nitrogens with one attached hydrogen (secondary N) is 2. The fourth-order valence-corrected chi connectivity index (χ4v) is 1.72. The summed E-state index contributed by atoms with van der Waals surface area (Å²) in [6, 6.07) is -0.851. The third-order valence-corrected chi connectivity index (χ3v) is 2.72. The van der Waals surface area contributed by atoms with Crippen molar-refractivity contribution in [1.82, 2.24) is 10.6 Å². The number of aliphatic carboxylic acids is 1. The summed E-state index contributed by atoms with van der Waals surface area (Å²) in [6.45, 7) is 6.41. The summed E-state index contributed by atoms with van der Waals surface area (Å²) in [5.41, 5.74) is 0. The van der Waals surface area contributed by atoms with Crippen LogP contribution in [-0.4, -0.2) is 35.5 Å². The summed E-state index contributed by atoms with van der Waals surface area (Å²) in [4.78, 5) is 33.9. The van der Waals surface area contributed by atoms with Crippen LogP contribution in [0.3, 0.4) is 0 Å². The Morgan fingerprint density at radius 2 is 1.70 bits per heavy atom. The van der Waals surface area contributed by atoms with Gasteiger partial charge in [0.15, 0.2) is 0 Å². The van der Waals surface area contributed by atoms with E-state index in [4.69, 9.17) is 5.11 Å². The van der Waals surface area contributed by atoms with E-state index >= 15 is 0 Å². The summed E-state index contributed by atoms with van der Waals surface area (Å²) < 4.78 is 0. The van der Waals surface area contributed by atoms with Gasteiger partial charge in [0.25, 0.3) is 0 Å². The molecular formula is C14H26N2O4. The zero-order chi connectivity index (χ0) is 15.5. The van der Waals surface area contributed by atoms with E-state index in [1.165, 1.54) is 0 Å². The number of carboxylic acid groups (broad SMARTS) is 1. The summed E-state index contributed by atoms with van der Waals surface area (Å²) >= 11 is 0. The van der Waals surface area contributed by atoms with Crippen molar-refractivity contribution in [2.24, 2.45) is 5.92 Å². The van der Waals surface area contributed by atoms with Gasteiger partial charge in [-0.3, -0.25) is 9.59 Å². The van der Waals surface area contributed by atoms with Gasteiger partial charge in [-0.05, 0) is 25.2 Å². The maximum Gasteiger partial charge on any atom is 0.326 e. The minimum atomic E-state index is -1.02. The molecule has 116 valence electrons. The second-order valence-corrected chi connectivity index (χ2v) is 5.29. The van der Waals surface area contributed by atoms with E-state index in [1.54, 1.807) is 0 Å². The lowest BCUT2D eigenvalue weighted by Gasteiger charge is -2.16. The van der Waals surface area contributed by atoms with E-state index in [-0.39, 0.29) is 30.6 Å². The Labute approximate surface area is 120 Å². The minimum Gasteiger partial charge on any atom is -0.480 e. The molecule has 0 saturated heterocycles. The Balaban J connectivity index is 3.96. The third-order valence-electron chi connectivity index (χ3n) is 2.72. The van der Waals surface area contributed by atoms with Crippen molar-refractivity contribution in [3.8, 4) is 0 Å². The standard InChI is InChI=1S/C14H26N2O4/c1-4-8-15-12(17)6-5-7-13(18)16-11(14(19)20)9-10(2)3/h10-11H,4-9H2,1-3H3,(H,15,17)(H,16,18)(H,19,20)/t11-/m1/s1. The second kappa shape index (κ2) is 10.2. The Hall–Kier alpha value is -1.59. The molecule has 0 aliphatic carbocycles. The lowest BCUT2D eigenvalue weighted by atomic mass is 10.0. The first-order valence-corrected chi connectivity index (χ1v) is 7.15. The quantitative estimate of drug-likeness (QED) is 0.564. The van der Waals surface area contributed by atoms with Gasteiger partial charge in [-0.1, -0.05) is 20.8 Å². The number of hydrogen-bond acceptors (Lipinski definition) is 3. The molecule has 0 radical (unpaired) electrons. The average Bonchev–Trinajstić information content (AvgIpc) is 2.34. The van der Waals surface area contributed by atoms with Crippen LogP contribution in [0, 0.1) is 5.92 Å². The molecule has 1 atom stereocenters. The topological polar surface area (TPSA) is 95.5 Å². The van der Waals surface area contributed by atoms with Crippen LogP contribution >= 0.6 is 0 Å². The number of rotatable bonds is 10. The normalized spacial score (nSPS) is 12.0. The zero-order valence-corrected chi connectivity index (χ0v) is 12.6. The second-order valence-electron chi connectivity index (χ2n) is 5.29. The number of amides is 2. The van der Waals surface area contributed by atoms with Crippen LogP contribution in [0.5, 0.6) is 0 Å². The minimum absolute atomic E-state index is 0.0726. The fraction of sp³-hybridized carbons (Fsp3) is 0.786. The van der Waals surface area contributed by atoms with Crippen molar-refractivity contribution >= 4 is 17.8 Å². The Bertz CT molecular complexity index is 329. The largest absolute Gasteiger partial charge is 0.480 e. The van der Waals surface area contributed by atoms with E-state index in [9.17, 15) is 14.4 Å². The van der Waals surface area contributed by atoms with E-state index in [0.717, 1.165) is 6.42 Å². The highest BCUT2D eigenvalue weighted by molar-refractivity contribution is 5.84. The van der Waals surface area contributed by atoms with Crippen molar-refractivity contribution < 1.29 is 19.5 Å². The molecule has 2 amide bonds. The molecule has 0 aromatic carbocycles. The summed E-state index contributed by atoms with van der Waals surface area (Å²) in [6.07, 6.45) is 2.16. The van der Waals surface area contributed by atoms with Gasteiger partial charge >= 0.3 is 5.97 Å². The van der Waals surface area contributed by atoms with Crippen molar-refractivity contribution in [3.05, 3.63) is 0 Å². The number of hydrogen-bond donors (Lipinski definition) is 3. The third kappa shape index (κ3) is 9.35. The van der Waals surface area contributed by atoms with Gasteiger partial charge in [0.05, 0.1) is 0 Å². The molecule has 0 unspecified atom stereocenters. The van der Waals surface area contributed by atoms with E-state index in [2.05, 4.69) is 10.6 Å². The Morgan fingerprint density at radius 1 is 1.10 bits per heavy atom. The van der Waals surface area contributed by atoms with Crippen molar-refractivity contribution in [2.75, 3.05) is 6.54 Å². The first-order valence-electron chi connectivity index (χ1n) is 7.15. The maximum absolute atomic E-state index is 11.6. The van der Waals surface area contributed by atoms with E-state index in [0.29, 0.717) is 19.4 Å². The van der Waals surface area contributed by atoms with Gasteiger partial charge in [-0.25, -0.2) is 4.79 Å². The van der Waals surface area contributed by atoms with E-state index < -0.39 is 12.0 Å². The van der Waals surface area contributed by atoms with Crippen LogP contribution in [0.15, 0.2) is 0 Å². The molecular weight excluding hydrogens is 260 g/mol.